The summed E-state index contributed by atoms with van der Waals surface area (Å²) >= 11 is 0. The number of likely N-dealkylation sites (tertiary alicyclic amines) is 1. The van der Waals surface area contributed by atoms with Gasteiger partial charge in [0.15, 0.2) is 0 Å². The van der Waals surface area contributed by atoms with Gasteiger partial charge in [-0.25, -0.2) is 4.90 Å². The van der Waals surface area contributed by atoms with E-state index in [2.05, 4.69) is 11.8 Å². The SMILES string of the molecule is CCOc1ccc(C2=C(N3CCC(C)CC3)C(=O)N(c3cc(C)ccc3OC)C2=O)cc1. The summed E-state index contributed by atoms with van der Waals surface area (Å²) in [7, 11) is 1.55. The van der Waals surface area contributed by atoms with Gasteiger partial charge in [0, 0.05) is 13.1 Å². The van der Waals surface area contributed by atoms with Crippen LogP contribution in [0.1, 0.15) is 37.8 Å². The van der Waals surface area contributed by atoms with Crippen LogP contribution in [-0.2, 0) is 9.59 Å². The van der Waals surface area contributed by atoms with Crippen LogP contribution in [-0.4, -0.2) is 43.5 Å². The first-order valence-electron chi connectivity index (χ1n) is 11.2. The Labute approximate surface area is 189 Å². The number of methoxy groups -OCH3 is 1. The summed E-state index contributed by atoms with van der Waals surface area (Å²) in [5.74, 6) is 1.23. The smallest absolute Gasteiger partial charge is 0.282 e. The number of carbonyl (C=O) groups excluding carboxylic acids is 2. The number of amides is 2. The summed E-state index contributed by atoms with van der Waals surface area (Å²) in [5, 5.41) is 0. The second-order valence-electron chi connectivity index (χ2n) is 8.47. The largest absolute Gasteiger partial charge is 0.495 e. The number of hydrogen-bond donors (Lipinski definition) is 0. The molecule has 0 spiro atoms. The van der Waals surface area contributed by atoms with Gasteiger partial charge in [-0.2, -0.15) is 0 Å². The first kappa shape index (κ1) is 21.9. The molecule has 2 heterocycles. The first-order valence-corrected chi connectivity index (χ1v) is 11.2. The van der Waals surface area contributed by atoms with Gasteiger partial charge >= 0.3 is 0 Å². The van der Waals surface area contributed by atoms with Crippen LogP contribution in [0.25, 0.3) is 5.57 Å². The summed E-state index contributed by atoms with van der Waals surface area (Å²) in [5.41, 5.74) is 3.07. The summed E-state index contributed by atoms with van der Waals surface area (Å²) in [4.78, 5) is 30.9. The number of nitrogens with zero attached hydrogens (tertiary/aromatic N) is 2. The van der Waals surface area contributed by atoms with Crippen molar-refractivity contribution in [2.45, 2.75) is 33.6 Å². The third-order valence-electron chi connectivity index (χ3n) is 6.19. The molecule has 2 aromatic rings. The van der Waals surface area contributed by atoms with Gasteiger partial charge in [-0.3, -0.25) is 9.59 Å². The molecule has 0 aromatic heterocycles. The van der Waals surface area contributed by atoms with E-state index in [9.17, 15) is 9.59 Å². The second kappa shape index (κ2) is 9.07. The van der Waals surface area contributed by atoms with Gasteiger partial charge in [0.25, 0.3) is 11.8 Å². The fourth-order valence-electron chi connectivity index (χ4n) is 4.38. The van der Waals surface area contributed by atoms with Crippen LogP contribution in [0.4, 0.5) is 5.69 Å². The molecular weight excluding hydrogens is 404 g/mol. The lowest BCUT2D eigenvalue weighted by Gasteiger charge is -2.32. The molecule has 0 N–H and O–H groups in total. The highest BCUT2D eigenvalue weighted by Crippen LogP contribution is 2.40. The van der Waals surface area contributed by atoms with Crippen molar-refractivity contribution in [2.24, 2.45) is 5.92 Å². The number of piperidine rings is 1. The highest BCUT2D eigenvalue weighted by molar-refractivity contribution is 6.45. The molecule has 6 nitrogen and oxygen atoms in total. The number of benzene rings is 2. The van der Waals surface area contributed by atoms with E-state index in [1.807, 2.05) is 50.2 Å². The Morgan fingerprint density at radius 3 is 2.31 bits per heavy atom. The molecule has 32 heavy (non-hydrogen) atoms. The van der Waals surface area contributed by atoms with Gasteiger partial charge in [0.05, 0.1) is 25.0 Å². The van der Waals surface area contributed by atoms with Crippen LogP contribution < -0.4 is 14.4 Å². The number of hydrogen-bond acceptors (Lipinski definition) is 5. The fourth-order valence-corrected chi connectivity index (χ4v) is 4.38. The molecule has 168 valence electrons. The van der Waals surface area contributed by atoms with Crippen molar-refractivity contribution in [1.82, 2.24) is 4.90 Å². The minimum Gasteiger partial charge on any atom is -0.495 e. The van der Waals surface area contributed by atoms with E-state index in [4.69, 9.17) is 9.47 Å². The van der Waals surface area contributed by atoms with Gasteiger partial charge in [-0.15, -0.1) is 0 Å². The predicted molar refractivity (Wildman–Crippen MR) is 125 cm³/mol. The molecule has 0 atom stereocenters. The third-order valence-corrected chi connectivity index (χ3v) is 6.19. The molecule has 2 aliphatic rings. The van der Waals surface area contributed by atoms with Crippen molar-refractivity contribution in [3.8, 4) is 11.5 Å². The number of rotatable bonds is 6. The van der Waals surface area contributed by atoms with Crippen molar-refractivity contribution in [3.05, 3.63) is 59.3 Å². The topological polar surface area (TPSA) is 59.1 Å². The summed E-state index contributed by atoms with van der Waals surface area (Å²) in [6.07, 6.45) is 1.99. The zero-order valence-corrected chi connectivity index (χ0v) is 19.2. The molecule has 0 radical (unpaired) electrons. The van der Waals surface area contributed by atoms with Crippen LogP contribution in [0.2, 0.25) is 0 Å². The van der Waals surface area contributed by atoms with Gasteiger partial charge in [-0.05, 0) is 68.0 Å². The molecule has 0 aliphatic carbocycles. The van der Waals surface area contributed by atoms with Crippen molar-refractivity contribution >= 4 is 23.1 Å². The average molecular weight is 435 g/mol. The zero-order chi connectivity index (χ0) is 22.8. The van der Waals surface area contributed by atoms with Gasteiger partial charge < -0.3 is 14.4 Å². The van der Waals surface area contributed by atoms with Crippen LogP contribution in [0.5, 0.6) is 11.5 Å². The molecule has 2 aliphatic heterocycles. The van der Waals surface area contributed by atoms with Gasteiger partial charge in [0.1, 0.15) is 17.2 Å². The zero-order valence-electron chi connectivity index (χ0n) is 19.2. The number of carbonyl (C=O) groups is 2. The minimum atomic E-state index is -0.323. The molecule has 0 unspecified atom stereocenters. The number of aryl methyl sites for hydroxylation is 1. The standard InChI is InChI=1S/C26H30N2O4/c1-5-32-20-9-7-19(8-10-20)23-24(27-14-12-17(2)13-15-27)26(30)28(25(23)29)21-16-18(3)6-11-22(21)31-4/h6-11,16-17H,5,12-15H2,1-4H3. The Balaban J connectivity index is 1.81. The van der Waals surface area contributed by atoms with Crippen molar-refractivity contribution in [3.63, 3.8) is 0 Å². The molecule has 2 aromatic carbocycles. The summed E-state index contributed by atoms with van der Waals surface area (Å²) in [6.45, 7) is 8.17. The van der Waals surface area contributed by atoms with Crippen molar-refractivity contribution < 1.29 is 19.1 Å². The molecule has 1 saturated heterocycles. The Kier molecular flexibility index (Phi) is 6.21. The molecule has 0 saturated carbocycles. The van der Waals surface area contributed by atoms with Crippen LogP contribution in [0.15, 0.2) is 48.2 Å². The highest BCUT2D eigenvalue weighted by atomic mass is 16.5. The lowest BCUT2D eigenvalue weighted by Crippen LogP contribution is -2.38. The van der Waals surface area contributed by atoms with E-state index in [0.717, 1.165) is 42.8 Å². The van der Waals surface area contributed by atoms with E-state index in [1.54, 1.807) is 13.2 Å². The number of ether oxygens (including phenoxy) is 2. The Hall–Kier alpha value is -3.28. The lowest BCUT2D eigenvalue weighted by atomic mass is 9.97. The summed E-state index contributed by atoms with van der Waals surface area (Å²) < 4.78 is 11.0. The van der Waals surface area contributed by atoms with Crippen LogP contribution in [0.3, 0.4) is 0 Å². The quantitative estimate of drug-likeness (QED) is 0.630. The molecule has 1 fully saturated rings. The maximum absolute atomic E-state index is 13.8. The molecule has 0 bridgehead atoms. The normalized spacial score (nSPS) is 17.4. The number of anilines is 1. The second-order valence-corrected chi connectivity index (χ2v) is 8.47. The Morgan fingerprint density at radius 2 is 1.69 bits per heavy atom. The van der Waals surface area contributed by atoms with Gasteiger partial charge in [0.2, 0.25) is 0 Å². The van der Waals surface area contributed by atoms with E-state index in [1.165, 1.54) is 4.90 Å². The lowest BCUT2D eigenvalue weighted by molar-refractivity contribution is -0.120. The van der Waals surface area contributed by atoms with Crippen LogP contribution in [0, 0.1) is 12.8 Å². The molecule has 6 heteroatoms. The minimum absolute atomic E-state index is 0.294. The van der Waals surface area contributed by atoms with E-state index >= 15 is 0 Å². The maximum atomic E-state index is 13.8. The number of imide groups is 1. The average Bonchev–Trinajstić information content (AvgIpc) is 3.05. The first-order chi connectivity index (χ1) is 15.4. The van der Waals surface area contributed by atoms with Gasteiger partial charge in [-0.1, -0.05) is 25.1 Å². The third kappa shape index (κ3) is 3.97. The van der Waals surface area contributed by atoms with Crippen molar-refractivity contribution in [2.75, 3.05) is 31.7 Å². The van der Waals surface area contributed by atoms with E-state index < -0.39 is 0 Å². The molecule has 2 amide bonds. The maximum Gasteiger partial charge on any atom is 0.282 e. The molecule has 4 rings (SSSR count). The monoisotopic (exact) mass is 434 g/mol. The Bertz CT molecular complexity index is 1050. The molecular formula is C26H30N2O4. The Morgan fingerprint density at radius 1 is 1.00 bits per heavy atom. The van der Waals surface area contributed by atoms with Crippen molar-refractivity contribution in [1.29, 1.82) is 0 Å². The fraction of sp³-hybridized carbons (Fsp3) is 0.385. The van der Waals surface area contributed by atoms with E-state index in [0.29, 0.717) is 35.2 Å². The highest BCUT2D eigenvalue weighted by Gasteiger charge is 2.44. The summed E-state index contributed by atoms with van der Waals surface area (Å²) in [6, 6.07) is 12.9. The van der Waals surface area contributed by atoms with Crippen LogP contribution >= 0.6 is 0 Å². The predicted octanol–water partition coefficient (Wildman–Crippen LogP) is 4.42. The van der Waals surface area contributed by atoms with E-state index in [-0.39, 0.29) is 11.8 Å².